The number of likely N-dealkylation sites (N-methyl/N-ethyl adjacent to an activating group) is 1. The summed E-state index contributed by atoms with van der Waals surface area (Å²) in [6, 6.07) is 5.92. The SMILES string of the molecule is CCC(C)N(C)CCNC(=O)Nc1ccc(OC)cc1C. The first-order valence-electron chi connectivity index (χ1n) is 7.37. The maximum Gasteiger partial charge on any atom is 0.319 e. The molecule has 0 aromatic heterocycles. The van der Waals surface area contributed by atoms with Gasteiger partial charge in [0.05, 0.1) is 7.11 Å². The number of aryl methyl sites for hydroxylation is 1. The number of anilines is 1. The molecule has 1 atom stereocenters. The van der Waals surface area contributed by atoms with Gasteiger partial charge in [-0.25, -0.2) is 4.79 Å². The van der Waals surface area contributed by atoms with Gasteiger partial charge in [-0.2, -0.15) is 0 Å². The molecule has 0 fully saturated rings. The van der Waals surface area contributed by atoms with Crippen LogP contribution in [-0.4, -0.2) is 44.2 Å². The highest BCUT2D eigenvalue weighted by Crippen LogP contribution is 2.20. The molecule has 0 heterocycles. The second-order valence-electron chi connectivity index (χ2n) is 5.30. The van der Waals surface area contributed by atoms with Gasteiger partial charge in [0, 0.05) is 24.8 Å². The Hall–Kier alpha value is -1.75. The topological polar surface area (TPSA) is 53.6 Å². The first-order valence-corrected chi connectivity index (χ1v) is 7.37. The lowest BCUT2D eigenvalue weighted by Gasteiger charge is -2.23. The van der Waals surface area contributed by atoms with Crippen molar-refractivity contribution in [3.63, 3.8) is 0 Å². The van der Waals surface area contributed by atoms with E-state index >= 15 is 0 Å². The maximum absolute atomic E-state index is 11.9. The lowest BCUT2D eigenvalue weighted by Crippen LogP contribution is -2.38. The van der Waals surface area contributed by atoms with Crippen LogP contribution in [0.2, 0.25) is 0 Å². The Bertz CT molecular complexity index is 463. The molecule has 1 aromatic rings. The standard InChI is InChI=1S/C16H27N3O2/c1-6-13(3)19(4)10-9-17-16(20)18-15-8-7-14(21-5)11-12(15)2/h7-8,11,13H,6,9-10H2,1-5H3,(H2,17,18,20). The smallest absolute Gasteiger partial charge is 0.319 e. The predicted molar refractivity (Wildman–Crippen MR) is 87.1 cm³/mol. The molecule has 0 aliphatic rings. The quantitative estimate of drug-likeness (QED) is 0.813. The molecule has 0 radical (unpaired) electrons. The largest absolute Gasteiger partial charge is 0.497 e. The van der Waals surface area contributed by atoms with Gasteiger partial charge < -0.3 is 20.3 Å². The summed E-state index contributed by atoms with van der Waals surface area (Å²) in [5.41, 5.74) is 1.77. The van der Waals surface area contributed by atoms with Crippen molar-refractivity contribution in [2.45, 2.75) is 33.2 Å². The van der Waals surface area contributed by atoms with Crippen molar-refractivity contribution in [1.29, 1.82) is 0 Å². The highest BCUT2D eigenvalue weighted by molar-refractivity contribution is 5.90. The normalized spacial score (nSPS) is 12.1. The lowest BCUT2D eigenvalue weighted by molar-refractivity contribution is 0.238. The van der Waals surface area contributed by atoms with E-state index in [1.165, 1.54) is 0 Å². The average Bonchev–Trinajstić information content (AvgIpc) is 2.48. The number of rotatable bonds is 7. The molecule has 0 spiro atoms. The molecule has 0 saturated heterocycles. The summed E-state index contributed by atoms with van der Waals surface area (Å²) in [6.07, 6.45) is 1.10. The van der Waals surface area contributed by atoms with E-state index in [1.807, 2.05) is 25.1 Å². The van der Waals surface area contributed by atoms with Gasteiger partial charge in [0.1, 0.15) is 5.75 Å². The van der Waals surface area contributed by atoms with E-state index in [2.05, 4.69) is 36.4 Å². The van der Waals surface area contributed by atoms with Crippen LogP contribution in [0.15, 0.2) is 18.2 Å². The summed E-state index contributed by atoms with van der Waals surface area (Å²) in [7, 11) is 3.70. The first kappa shape index (κ1) is 17.3. The van der Waals surface area contributed by atoms with Crippen molar-refractivity contribution in [3.8, 4) is 5.75 Å². The van der Waals surface area contributed by atoms with Crippen molar-refractivity contribution in [3.05, 3.63) is 23.8 Å². The van der Waals surface area contributed by atoms with E-state index in [0.717, 1.165) is 30.0 Å². The number of benzene rings is 1. The molecule has 5 heteroatoms. The van der Waals surface area contributed by atoms with Crippen molar-refractivity contribution in [2.24, 2.45) is 0 Å². The molecule has 0 aliphatic carbocycles. The monoisotopic (exact) mass is 293 g/mol. The van der Waals surface area contributed by atoms with Crippen molar-refractivity contribution < 1.29 is 9.53 Å². The number of ether oxygens (including phenoxy) is 1. The highest BCUT2D eigenvalue weighted by Gasteiger charge is 2.08. The van der Waals surface area contributed by atoms with Gasteiger partial charge >= 0.3 is 6.03 Å². The number of urea groups is 1. The Morgan fingerprint density at radius 3 is 2.71 bits per heavy atom. The van der Waals surface area contributed by atoms with Crippen LogP contribution in [-0.2, 0) is 0 Å². The lowest BCUT2D eigenvalue weighted by atomic mass is 10.2. The Kier molecular flexibility index (Phi) is 7.02. The zero-order chi connectivity index (χ0) is 15.8. The van der Waals surface area contributed by atoms with Crippen LogP contribution < -0.4 is 15.4 Å². The fourth-order valence-electron chi connectivity index (χ4n) is 1.95. The van der Waals surface area contributed by atoms with Crippen LogP contribution in [0.25, 0.3) is 0 Å². The zero-order valence-electron chi connectivity index (χ0n) is 13.7. The summed E-state index contributed by atoms with van der Waals surface area (Å²) in [4.78, 5) is 14.1. The van der Waals surface area contributed by atoms with Crippen molar-refractivity contribution in [2.75, 3.05) is 32.6 Å². The average molecular weight is 293 g/mol. The Morgan fingerprint density at radius 2 is 2.14 bits per heavy atom. The van der Waals surface area contributed by atoms with Crippen LogP contribution in [0.1, 0.15) is 25.8 Å². The van der Waals surface area contributed by atoms with E-state index < -0.39 is 0 Å². The van der Waals surface area contributed by atoms with Gasteiger partial charge in [-0.3, -0.25) is 0 Å². The molecule has 118 valence electrons. The molecule has 2 amide bonds. The molecular weight excluding hydrogens is 266 g/mol. The van der Waals surface area contributed by atoms with Crippen LogP contribution in [0.4, 0.5) is 10.5 Å². The molecule has 21 heavy (non-hydrogen) atoms. The Labute approximate surface area is 127 Å². The third-order valence-corrected chi connectivity index (χ3v) is 3.78. The van der Waals surface area contributed by atoms with Gasteiger partial charge in [-0.15, -0.1) is 0 Å². The molecule has 2 N–H and O–H groups in total. The molecule has 0 bridgehead atoms. The summed E-state index contributed by atoms with van der Waals surface area (Å²) in [5, 5.41) is 5.73. The third kappa shape index (κ3) is 5.63. The minimum Gasteiger partial charge on any atom is -0.497 e. The molecule has 1 unspecified atom stereocenters. The molecular formula is C16H27N3O2. The van der Waals surface area contributed by atoms with Crippen LogP contribution in [0, 0.1) is 6.92 Å². The van der Waals surface area contributed by atoms with Gasteiger partial charge in [-0.1, -0.05) is 6.92 Å². The molecule has 0 aliphatic heterocycles. The van der Waals surface area contributed by atoms with E-state index in [4.69, 9.17) is 4.74 Å². The van der Waals surface area contributed by atoms with E-state index in [-0.39, 0.29) is 6.03 Å². The number of carbonyl (C=O) groups excluding carboxylic acids is 1. The number of methoxy groups -OCH3 is 1. The number of carbonyl (C=O) groups is 1. The first-order chi connectivity index (χ1) is 9.97. The Morgan fingerprint density at radius 1 is 1.43 bits per heavy atom. The fraction of sp³-hybridized carbons (Fsp3) is 0.562. The number of hydrogen-bond acceptors (Lipinski definition) is 3. The molecule has 1 rings (SSSR count). The minimum atomic E-state index is -0.180. The second kappa shape index (κ2) is 8.52. The number of amides is 2. The molecule has 0 saturated carbocycles. The van der Waals surface area contributed by atoms with Crippen molar-refractivity contribution >= 4 is 11.7 Å². The van der Waals surface area contributed by atoms with Gasteiger partial charge in [0.25, 0.3) is 0 Å². The van der Waals surface area contributed by atoms with E-state index in [0.29, 0.717) is 12.6 Å². The third-order valence-electron chi connectivity index (χ3n) is 3.78. The van der Waals surface area contributed by atoms with Crippen LogP contribution >= 0.6 is 0 Å². The van der Waals surface area contributed by atoms with Gasteiger partial charge in [0.2, 0.25) is 0 Å². The second-order valence-corrected chi connectivity index (χ2v) is 5.30. The van der Waals surface area contributed by atoms with Crippen molar-refractivity contribution in [1.82, 2.24) is 10.2 Å². The number of nitrogens with zero attached hydrogens (tertiary/aromatic N) is 1. The highest BCUT2D eigenvalue weighted by atomic mass is 16.5. The molecule has 5 nitrogen and oxygen atoms in total. The summed E-state index contributed by atoms with van der Waals surface area (Å²) in [6.45, 7) is 7.75. The summed E-state index contributed by atoms with van der Waals surface area (Å²) >= 11 is 0. The minimum absolute atomic E-state index is 0.180. The number of hydrogen-bond donors (Lipinski definition) is 2. The summed E-state index contributed by atoms with van der Waals surface area (Å²) in [5.74, 6) is 0.786. The maximum atomic E-state index is 11.9. The Balaban J connectivity index is 2.40. The number of nitrogens with one attached hydrogen (secondary N) is 2. The van der Waals surface area contributed by atoms with Crippen LogP contribution in [0.3, 0.4) is 0 Å². The van der Waals surface area contributed by atoms with Gasteiger partial charge in [0.15, 0.2) is 0 Å². The summed E-state index contributed by atoms with van der Waals surface area (Å²) < 4.78 is 5.15. The van der Waals surface area contributed by atoms with Gasteiger partial charge in [-0.05, 0) is 51.1 Å². The fourth-order valence-corrected chi connectivity index (χ4v) is 1.95. The zero-order valence-corrected chi connectivity index (χ0v) is 13.7. The predicted octanol–water partition coefficient (Wildman–Crippen LogP) is 2.86. The van der Waals surface area contributed by atoms with E-state index in [9.17, 15) is 4.79 Å². The molecule has 1 aromatic carbocycles. The van der Waals surface area contributed by atoms with E-state index in [1.54, 1.807) is 7.11 Å². The van der Waals surface area contributed by atoms with Crippen LogP contribution in [0.5, 0.6) is 5.75 Å².